The molecule has 0 amide bonds. The average Bonchev–Trinajstić information content (AvgIpc) is 2.28. The number of nitrogens with one attached hydrogen (secondary N) is 1. The van der Waals surface area contributed by atoms with E-state index >= 15 is 0 Å². The van der Waals surface area contributed by atoms with Gasteiger partial charge in [0.1, 0.15) is 0 Å². The maximum absolute atomic E-state index is 9.36. The number of likely N-dealkylation sites (N-methyl/N-ethyl adjacent to an activating group) is 1. The summed E-state index contributed by atoms with van der Waals surface area (Å²) in [5.41, 5.74) is -0.0911. The predicted molar refractivity (Wildman–Crippen MR) is 64.1 cm³/mol. The quantitative estimate of drug-likeness (QED) is 0.698. The first-order valence-electron chi connectivity index (χ1n) is 6.28. The highest BCUT2D eigenvalue weighted by molar-refractivity contribution is 4.83. The first kappa shape index (κ1) is 12.9. The molecule has 15 heavy (non-hydrogen) atoms. The molecule has 0 aromatic carbocycles. The number of nitrogens with zero attached hydrogens (tertiary/aromatic N) is 1. The van der Waals surface area contributed by atoms with Crippen LogP contribution in [0.4, 0.5) is 0 Å². The molecule has 0 aromatic heterocycles. The van der Waals surface area contributed by atoms with E-state index in [2.05, 4.69) is 24.1 Å². The summed E-state index contributed by atoms with van der Waals surface area (Å²) in [6.07, 6.45) is 5.12. The van der Waals surface area contributed by atoms with Gasteiger partial charge in [0.25, 0.3) is 0 Å². The minimum Gasteiger partial charge on any atom is -0.394 e. The molecule has 2 N–H and O–H groups in total. The van der Waals surface area contributed by atoms with E-state index in [1.165, 1.54) is 32.4 Å². The summed E-state index contributed by atoms with van der Waals surface area (Å²) in [6, 6.07) is 0. The summed E-state index contributed by atoms with van der Waals surface area (Å²) in [4.78, 5) is 2.52. The molecule has 0 aliphatic carbocycles. The van der Waals surface area contributed by atoms with Gasteiger partial charge in [-0.1, -0.05) is 13.3 Å². The van der Waals surface area contributed by atoms with Crippen molar-refractivity contribution in [2.24, 2.45) is 0 Å². The number of likely N-dealkylation sites (tertiary alicyclic amines) is 1. The van der Waals surface area contributed by atoms with Crippen LogP contribution in [0.2, 0.25) is 0 Å². The Morgan fingerprint density at radius 1 is 1.27 bits per heavy atom. The van der Waals surface area contributed by atoms with Crippen molar-refractivity contribution in [2.75, 3.05) is 32.8 Å². The highest BCUT2D eigenvalue weighted by Crippen LogP contribution is 2.13. The van der Waals surface area contributed by atoms with Gasteiger partial charge in [-0.15, -0.1) is 0 Å². The van der Waals surface area contributed by atoms with E-state index in [-0.39, 0.29) is 12.1 Å². The average molecular weight is 214 g/mol. The van der Waals surface area contributed by atoms with Crippen LogP contribution < -0.4 is 5.32 Å². The number of hydrogen-bond acceptors (Lipinski definition) is 3. The molecular formula is C12H26N2O. The normalized spacial score (nSPS) is 22.6. The van der Waals surface area contributed by atoms with Crippen LogP contribution in [0.3, 0.4) is 0 Å². The molecule has 0 saturated carbocycles. The van der Waals surface area contributed by atoms with Crippen molar-refractivity contribution in [3.05, 3.63) is 0 Å². The third kappa shape index (κ3) is 4.49. The zero-order chi connectivity index (χ0) is 11.1. The Morgan fingerprint density at radius 3 is 2.47 bits per heavy atom. The molecule has 0 spiro atoms. The van der Waals surface area contributed by atoms with E-state index in [0.29, 0.717) is 0 Å². The Labute approximate surface area is 93.9 Å². The highest BCUT2D eigenvalue weighted by Gasteiger charge is 2.23. The summed E-state index contributed by atoms with van der Waals surface area (Å²) in [5.74, 6) is 0. The van der Waals surface area contributed by atoms with E-state index in [0.717, 1.165) is 19.5 Å². The van der Waals surface area contributed by atoms with Crippen LogP contribution in [0.5, 0.6) is 0 Å². The number of aliphatic hydroxyl groups is 1. The molecule has 0 bridgehead atoms. The van der Waals surface area contributed by atoms with E-state index in [9.17, 15) is 5.11 Å². The van der Waals surface area contributed by atoms with Crippen molar-refractivity contribution in [3.8, 4) is 0 Å². The van der Waals surface area contributed by atoms with Gasteiger partial charge in [0.05, 0.1) is 6.61 Å². The van der Waals surface area contributed by atoms with E-state index in [1.807, 2.05) is 0 Å². The fourth-order valence-corrected chi connectivity index (χ4v) is 2.24. The van der Waals surface area contributed by atoms with Crippen LogP contribution in [0, 0.1) is 0 Å². The summed E-state index contributed by atoms with van der Waals surface area (Å²) < 4.78 is 0. The molecule has 1 rings (SSSR count). The standard InChI is InChI=1S/C12H26N2O/c1-3-13-12(2,11-15)7-10-14-8-5-4-6-9-14/h13,15H,3-11H2,1-2H3. The summed E-state index contributed by atoms with van der Waals surface area (Å²) in [6.45, 7) is 8.96. The number of hydrogen-bond donors (Lipinski definition) is 2. The molecule has 1 heterocycles. The molecule has 1 aliphatic heterocycles. The van der Waals surface area contributed by atoms with Crippen molar-refractivity contribution >= 4 is 0 Å². The minimum absolute atomic E-state index is 0.0911. The molecule has 1 aliphatic rings. The van der Waals surface area contributed by atoms with Gasteiger partial charge in [-0.3, -0.25) is 0 Å². The van der Waals surface area contributed by atoms with Crippen molar-refractivity contribution in [1.82, 2.24) is 10.2 Å². The maximum Gasteiger partial charge on any atom is 0.0611 e. The fraction of sp³-hybridized carbons (Fsp3) is 1.00. The Kier molecular flexibility index (Phi) is 5.58. The van der Waals surface area contributed by atoms with Gasteiger partial charge in [0.15, 0.2) is 0 Å². The summed E-state index contributed by atoms with van der Waals surface area (Å²) in [5, 5.41) is 12.7. The number of rotatable bonds is 6. The van der Waals surface area contributed by atoms with Gasteiger partial charge in [-0.05, 0) is 52.4 Å². The third-order valence-electron chi connectivity index (χ3n) is 3.38. The minimum atomic E-state index is -0.0911. The lowest BCUT2D eigenvalue weighted by atomic mass is 9.98. The predicted octanol–water partition coefficient (Wildman–Crippen LogP) is 1.22. The lowest BCUT2D eigenvalue weighted by molar-refractivity contribution is 0.139. The summed E-state index contributed by atoms with van der Waals surface area (Å²) >= 11 is 0. The SMILES string of the molecule is CCNC(C)(CO)CCN1CCCCC1. The van der Waals surface area contributed by atoms with Gasteiger partial charge < -0.3 is 15.3 Å². The van der Waals surface area contributed by atoms with Gasteiger partial charge in [0, 0.05) is 5.54 Å². The Balaban J connectivity index is 2.25. The van der Waals surface area contributed by atoms with Crippen molar-refractivity contribution in [1.29, 1.82) is 0 Å². The van der Waals surface area contributed by atoms with E-state index in [4.69, 9.17) is 0 Å². The monoisotopic (exact) mass is 214 g/mol. The molecule has 3 heteroatoms. The highest BCUT2D eigenvalue weighted by atomic mass is 16.3. The van der Waals surface area contributed by atoms with Crippen LogP contribution in [0.1, 0.15) is 39.5 Å². The zero-order valence-electron chi connectivity index (χ0n) is 10.3. The molecule has 90 valence electrons. The van der Waals surface area contributed by atoms with Crippen molar-refractivity contribution < 1.29 is 5.11 Å². The van der Waals surface area contributed by atoms with Crippen molar-refractivity contribution in [2.45, 2.75) is 45.1 Å². The Morgan fingerprint density at radius 2 is 1.93 bits per heavy atom. The zero-order valence-corrected chi connectivity index (χ0v) is 10.3. The van der Waals surface area contributed by atoms with E-state index < -0.39 is 0 Å². The van der Waals surface area contributed by atoms with Gasteiger partial charge >= 0.3 is 0 Å². The maximum atomic E-state index is 9.36. The Bertz CT molecular complexity index is 169. The number of piperidine rings is 1. The molecule has 3 nitrogen and oxygen atoms in total. The second-order valence-electron chi connectivity index (χ2n) is 4.90. The van der Waals surface area contributed by atoms with E-state index in [1.54, 1.807) is 0 Å². The second kappa shape index (κ2) is 6.46. The van der Waals surface area contributed by atoms with Crippen LogP contribution in [0.15, 0.2) is 0 Å². The Hall–Kier alpha value is -0.120. The van der Waals surface area contributed by atoms with Crippen molar-refractivity contribution in [3.63, 3.8) is 0 Å². The molecule has 0 radical (unpaired) electrons. The van der Waals surface area contributed by atoms with Crippen LogP contribution in [-0.2, 0) is 0 Å². The molecule has 1 atom stereocenters. The van der Waals surface area contributed by atoms with Gasteiger partial charge in [0.2, 0.25) is 0 Å². The lowest BCUT2D eigenvalue weighted by Crippen LogP contribution is -2.48. The van der Waals surface area contributed by atoms with Crippen LogP contribution >= 0.6 is 0 Å². The first-order valence-corrected chi connectivity index (χ1v) is 6.28. The molecular weight excluding hydrogens is 188 g/mol. The second-order valence-corrected chi connectivity index (χ2v) is 4.90. The smallest absolute Gasteiger partial charge is 0.0611 e. The fourth-order valence-electron chi connectivity index (χ4n) is 2.24. The lowest BCUT2D eigenvalue weighted by Gasteiger charge is -2.33. The molecule has 1 fully saturated rings. The topological polar surface area (TPSA) is 35.5 Å². The summed E-state index contributed by atoms with van der Waals surface area (Å²) in [7, 11) is 0. The third-order valence-corrected chi connectivity index (χ3v) is 3.38. The first-order chi connectivity index (χ1) is 7.20. The molecule has 1 saturated heterocycles. The van der Waals surface area contributed by atoms with Gasteiger partial charge in [-0.25, -0.2) is 0 Å². The van der Waals surface area contributed by atoms with Crippen LogP contribution in [-0.4, -0.2) is 48.3 Å². The molecule has 0 aromatic rings. The number of aliphatic hydroxyl groups excluding tert-OH is 1. The van der Waals surface area contributed by atoms with Gasteiger partial charge in [-0.2, -0.15) is 0 Å². The molecule has 1 unspecified atom stereocenters. The largest absolute Gasteiger partial charge is 0.394 e. The van der Waals surface area contributed by atoms with Crippen LogP contribution in [0.25, 0.3) is 0 Å².